The zero-order valence-corrected chi connectivity index (χ0v) is 16.8. The summed E-state index contributed by atoms with van der Waals surface area (Å²) in [5, 5.41) is 0. The predicted molar refractivity (Wildman–Crippen MR) is 113 cm³/mol. The van der Waals surface area contributed by atoms with Crippen LogP contribution in [-0.4, -0.2) is 0 Å². The molecule has 2 heterocycles. The second-order valence-electron chi connectivity index (χ2n) is 7.35. The molecule has 27 heavy (non-hydrogen) atoms. The Kier molecular flexibility index (Phi) is 2.76. The average Bonchev–Trinajstić information content (AvgIpc) is 2.68. The second-order valence-corrected chi connectivity index (χ2v) is 7.35. The van der Waals surface area contributed by atoms with Gasteiger partial charge in [0.25, 0.3) is 0 Å². The minimum Gasteiger partial charge on any atom is -0.201 e. The molecular formula is C25H32N2+2. The molecule has 0 fully saturated rings. The molecule has 0 aliphatic heterocycles. The Hall–Kier alpha value is -2.48. The Morgan fingerprint density at radius 2 is 1.11 bits per heavy atom. The van der Waals surface area contributed by atoms with Crippen molar-refractivity contribution in [1.29, 1.82) is 0 Å². The van der Waals surface area contributed by atoms with Gasteiger partial charge in [0.2, 0.25) is 11.4 Å². The van der Waals surface area contributed by atoms with E-state index in [1.807, 2.05) is 13.8 Å². The average molecular weight is 370 g/mol. The van der Waals surface area contributed by atoms with Gasteiger partial charge in [-0.3, -0.25) is 0 Å². The molecule has 2 nitrogen and oxygen atoms in total. The first kappa shape index (κ1) is 10.8. The summed E-state index contributed by atoms with van der Waals surface area (Å²) in [5.41, 5.74) is 5.58. The van der Waals surface area contributed by atoms with Crippen LogP contribution in [0.5, 0.6) is 0 Å². The van der Waals surface area contributed by atoms with Gasteiger partial charge in [-0.1, -0.05) is 6.07 Å². The molecule has 0 amide bonds. The fraction of sp³-hybridized carbons (Fsp3) is 0.360. The summed E-state index contributed by atoms with van der Waals surface area (Å²) < 4.78 is 75.6. The van der Waals surface area contributed by atoms with Gasteiger partial charge in [-0.2, -0.15) is 0 Å². The minimum absolute atomic E-state index is 0.135. The minimum atomic E-state index is -2.44. The molecule has 140 valence electrons. The van der Waals surface area contributed by atoms with Crippen LogP contribution >= 0.6 is 0 Å². The van der Waals surface area contributed by atoms with Crippen LogP contribution in [0.25, 0.3) is 22.5 Å². The van der Waals surface area contributed by atoms with E-state index in [1.54, 1.807) is 67.7 Å². The van der Waals surface area contributed by atoms with Crippen LogP contribution in [0.4, 0.5) is 0 Å². The molecule has 1 aromatic carbocycles. The maximum atomic E-state index is 8.24. The number of rotatable bonds is 2. The molecule has 2 aromatic heterocycles. The van der Waals surface area contributed by atoms with E-state index in [0.717, 1.165) is 16.8 Å². The topological polar surface area (TPSA) is 7.76 Å². The number of pyridine rings is 2. The third-order valence-electron chi connectivity index (χ3n) is 5.24. The first-order chi connectivity index (χ1) is 16.2. The first-order valence-electron chi connectivity index (χ1n) is 13.4. The summed E-state index contributed by atoms with van der Waals surface area (Å²) >= 11 is 0. The standard InChI is InChI=1S/C25H32N2/c1-15-11-22(26(8)13-19(15)5)24-17(3)10-18(4)25(21(24)7)23-12-16(2)20(6)14-27(23)9/h10-14H,1-9H3/q+2/i1D3,3D3,6D3. The van der Waals surface area contributed by atoms with Gasteiger partial charge in [-0.05, 0) is 76.1 Å². The zero-order chi connectivity index (χ0) is 27.5. The van der Waals surface area contributed by atoms with Crippen molar-refractivity contribution in [1.82, 2.24) is 0 Å². The number of hydrogen-bond acceptors (Lipinski definition) is 0. The molecule has 0 N–H and O–H groups in total. The largest absolute Gasteiger partial charge is 0.213 e. The fourth-order valence-electron chi connectivity index (χ4n) is 3.74. The molecule has 0 unspecified atom stereocenters. The van der Waals surface area contributed by atoms with Crippen molar-refractivity contribution in [3.05, 3.63) is 69.5 Å². The SMILES string of the molecule is [2H]C([2H])([2H])c1cc(-c2c(C([2H])([2H])[2H])cc(C)c(-c3cc(C)c(C([2H])([2H])[2H])c[n+]3C)c2C)[n+](C)cc1C. The molecule has 2 heteroatoms. The zero-order valence-electron chi connectivity index (χ0n) is 25.8. The van der Waals surface area contributed by atoms with Crippen LogP contribution < -0.4 is 9.13 Å². The summed E-state index contributed by atoms with van der Waals surface area (Å²) in [6.07, 6.45) is 3.29. The highest BCUT2D eigenvalue weighted by Gasteiger charge is 2.24. The molecule has 0 radical (unpaired) electrons. The van der Waals surface area contributed by atoms with Gasteiger partial charge in [0.15, 0.2) is 12.4 Å². The Morgan fingerprint density at radius 3 is 1.70 bits per heavy atom. The van der Waals surface area contributed by atoms with Crippen molar-refractivity contribution in [3.63, 3.8) is 0 Å². The van der Waals surface area contributed by atoms with Crippen LogP contribution in [0.2, 0.25) is 0 Å². The van der Waals surface area contributed by atoms with Gasteiger partial charge in [0.1, 0.15) is 14.1 Å². The van der Waals surface area contributed by atoms with E-state index >= 15 is 0 Å². The molecular weight excluding hydrogens is 328 g/mol. The van der Waals surface area contributed by atoms with Gasteiger partial charge in [-0.25, -0.2) is 9.13 Å². The molecule has 0 atom stereocenters. The van der Waals surface area contributed by atoms with E-state index in [-0.39, 0.29) is 16.7 Å². The van der Waals surface area contributed by atoms with Gasteiger partial charge < -0.3 is 0 Å². The van der Waals surface area contributed by atoms with Crippen molar-refractivity contribution in [2.45, 2.75) is 48.3 Å². The van der Waals surface area contributed by atoms with Crippen molar-refractivity contribution in [3.8, 4) is 22.5 Å². The molecule has 0 spiro atoms. The Balaban J connectivity index is 2.47. The number of nitrogens with zero attached hydrogens (tertiary/aromatic N) is 2. The van der Waals surface area contributed by atoms with E-state index in [2.05, 4.69) is 0 Å². The lowest BCUT2D eigenvalue weighted by atomic mass is 9.88. The number of hydrogen-bond donors (Lipinski definition) is 0. The van der Waals surface area contributed by atoms with Crippen LogP contribution in [0.3, 0.4) is 0 Å². The molecule has 0 bridgehead atoms. The molecule has 0 aliphatic carbocycles. The lowest BCUT2D eigenvalue weighted by Crippen LogP contribution is -2.33. The number of aromatic nitrogens is 2. The first-order valence-corrected chi connectivity index (χ1v) is 8.92. The van der Waals surface area contributed by atoms with Crippen LogP contribution in [0, 0.1) is 48.3 Å². The van der Waals surface area contributed by atoms with Gasteiger partial charge in [0, 0.05) is 35.6 Å². The Bertz CT molecular complexity index is 1350. The van der Waals surface area contributed by atoms with E-state index in [9.17, 15) is 0 Å². The summed E-state index contributed by atoms with van der Waals surface area (Å²) in [5.74, 6) is 0. The van der Waals surface area contributed by atoms with E-state index in [4.69, 9.17) is 12.3 Å². The molecule has 0 saturated heterocycles. The van der Waals surface area contributed by atoms with Crippen molar-refractivity contribution in [2.75, 3.05) is 0 Å². The lowest BCUT2D eigenvalue weighted by Gasteiger charge is -2.16. The predicted octanol–water partition coefficient (Wildman–Crippen LogP) is 4.83. The molecule has 3 rings (SSSR count). The summed E-state index contributed by atoms with van der Waals surface area (Å²) in [7, 11) is 3.53. The van der Waals surface area contributed by atoms with Crippen LogP contribution in [0.15, 0.2) is 30.6 Å². The van der Waals surface area contributed by atoms with Crippen molar-refractivity contribution < 1.29 is 21.5 Å². The van der Waals surface area contributed by atoms with Crippen LogP contribution in [0.1, 0.15) is 51.3 Å². The van der Waals surface area contributed by atoms with Gasteiger partial charge in [-0.15, -0.1) is 0 Å². The Morgan fingerprint density at radius 1 is 0.593 bits per heavy atom. The molecule has 3 aromatic rings. The van der Waals surface area contributed by atoms with Crippen LogP contribution in [-0.2, 0) is 14.1 Å². The quantitative estimate of drug-likeness (QED) is 0.572. The van der Waals surface area contributed by atoms with Crippen molar-refractivity contribution in [2.24, 2.45) is 14.1 Å². The second kappa shape index (κ2) is 6.92. The highest BCUT2D eigenvalue weighted by Crippen LogP contribution is 2.35. The Labute approximate surface area is 176 Å². The maximum Gasteiger partial charge on any atom is 0.213 e. The third-order valence-corrected chi connectivity index (χ3v) is 5.24. The monoisotopic (exact) mass is 369 g/mol. The lowest BCUT2D eigenvalue weighted by molar-refractivity contribution is -0.661. The number of benzene rings is 1. The van der Waals surface area contributed by atoms with E-state index in [1.165, 1.54) is 0 Å². The molecule has 0 aliphatic rings. The third kappa shape index (κ3) is 3.29. The van der Waals surface area contributed by atoms with Crippen molar-refractivity contribution >= 4 is 0 Å². The highest BCUT2D eigenvalue weighted by molar-refractivity contribution is 5.78. The highest BCUT2D eigenvalue weighted by atomic mass is 14.9. The number of aryl methyl sites for hydroxylation is 8. The van der Waals surface area contributed by atoms with E-state index < -0.39 is 20.6 Å². The normalized spacial score (nSPS) is 17.5. The smallest absolute Gasteiger partial charge is 0.201 e. The van der Waals surface area contributed by atoms with Gasteiger partial charge >= 0.3 is 0 Å². The summed E-state index contributed by atoms with van der Waals surface area (Å²) in [6, 6.07) is 4.99. The van der Waals surface area contributed by atoms with E-state index in [0.29, 0.717) is 27.9 Å². The summed E-state index contributed by atoms with van der Waals surface area (Å²) in [6.45, 7) is 0.0667. The maximum absolute atomic E-state index is 8.24. The molecule has 0 saturated carbocycles. The fourth-order valence-corrected chi connectivity index (χ4v) is 3.74. The van der Waals surface area contributed by atoms with Gasteiger partial charge in [0.05, 0.1) is 11.1 Å². The summed E-state index contributed by atoms with van der Waals surface area (Å²) in [4.78, 5) is 0.